The summed E-state index contributed by atoms with van der Waals surface area (Å²) in [6.45, 7) is 2.19. The van der Waals surface area contributed by atoms with Crippen molar-refractivity contribution < 1.29 is 4.74 Å². The van der Waals surface area contributed by atoms with Gasteiger partial charge in [0.15, 0.2) is 0 Å². The van der Waals surface area contributed by atoms with Gasteiger partial charge in [0.1, 0.15) is 5.75 Å². The minimum absolute atomic E-state index is 0.142. The zero-order valence-electron chi connectivity index (χ0n) is 12.7. The maximum atomic E-state index is 5.66. The van der Waals surface area contributed by atoms with E-state index in [1.165, 1.54) is 18.4 Å². The molecular weight excluding hydrogens is 266 g/mol. The van der Waals surface area contributed by atoms with E-state index in [4.69, 9.17) is 10.5 Å². The van der Waals surface area contributed by atoms with Gasteiger partial charge in [0.05, 0.1) is 0 Å². The number of nitrogen functional groups attached to an aromatic ring is 1. The summed E-state index contributed by atoms with van der Waals surface area (Å²) in [5.41, 5.74) is 6.96. The molecule has 0 fully saturated rings. The molecule has 112 valence electrons. The van der Waals surface area contributed by atoms with Gasteiger partial charge in [-0.15, -0.1) is 0 Å². The number of aromatic nitrogens is 3. The quantitative estimate of drug-likeness (QED) is 0.880. The molecule has 1 aromatic carbocycles. The Kier molecular flexibility index (Phi) is 4.92. The average Bonchev–Trinajstić information content (AvgIpc) is 2.46. The average molecular weight is 287 g/mol. The highest BCUT2D eigenvalue weighted by molar-refractivity contribution is 5.36. The number of aryl methyl sites for hydroxylation is 1. The van der Waals surface area contributed by atoms with Crippen LogP contribution in [-0.2, 0) is 6.42 Å². The fourth-order valence-corrected chi connectivity index (χ4v) is 1.82. The van der Waals surface area contributed by atoms with Gasteiger partial charge in [0, 0.05) is 14.1 Å². The molecule has 2 N–H and O–H groups in total. The summed E-state index contributed by atoms with van der Waals surface area (Å²) in [5, 5.41) is 0. The Labute approximate surface area is 125 Å². The summed E-state index contributed by atoms with van der Waals surface area (Å²) in [6.07, 6.45) is 3.46. The molecule has 1 aromatic heterocycles. The second-order valence-corrected chi connectivity index (χ2v) is 5.02. The molecule has 0 amide bonds. The fourth-order valence-electron chi connectivity index (χ4n) is 1.82. The number of unbranched alkanes of at least 4 members (excludes halogenated alkanes) is 1. The Bertz CT molecular complexity index is 583. The van der Waals surface area contributed by atoms with E-state index < -0.39 is 0 Å². The van der Waals surface area contributed by atoms with Gasteiger partial charge < -0.3 is 15.4 Å². The van der Waals surface area contributed by atoms with E-state index in [1.807, 2.05) is 26.2 Å². The molecule has 2 aromatic rings. The Morgan fingerprint density at radius 3 is 2.43 bits per heavy atom. The van der Waals surface area contributed by atoms with Crippen LogP contribution in [0, 0.1) is 0 Å². The third kappa shape index (κ3) is 4.30. The van der Waals surface area contributed by atoms with Crippen LogP contribution in [0.5, 0.6) is 11.8 Å². The Morgan fingerprint density at radius 1 is 1.10 bits per heavy atom. The van der Waals surface area contributed by atoms with Crippen molar-refractivity contribution in [3.63, 3.8) is 0 Å². The smallest absolute Gasteiger partial charge is 0.328 e. The highest BCUT2D eigenvalue weighted by Crippen LogP contribution is 2.20. The first-order valence-corrected chi connectivity index (χ1v) is 7.04. The number of nitrogens with two attached hydrogens (primary N) is 1. The van der Waals surface area contributed by atoms with Crippen LogP contribution in [0.25, 0.3) is 0 Å². The largest absolute Gasteiger partial charge is 0.424 e. The number of hydrogen-bond donors (Lipinski definition) is 1. The van der Waals surface area contributed by atoms with Gasteiger partial charge in [0.2, 0.25) is 11.9 Å². The molecule has 0 radical (unpaired) electrons. The van der Waals surface area contributed by atoms with E-state index in [0.29, 0.717) is 11.7 Å². The molecule has 2 rings (SSSR count). The summed E-state index contributed by atoms with van der Waals surface area (Å²) in [6, 6.07) is 8.15. The lowest BCUT2D eigenvalue weighted by atomic mass is 10.1. The van der Waals surface area contributed by atoms with Crippen LogP contribution in [-0.4, -0.2) is 29.0 Å². The molecule has 6 nitrogen and oxygen atoms in total. The van der Waals surface area contributed by atoms with Crippen molar-refractivity contribution in [3.8, 4) is 11.8 Å². The zero-order valence-corrected chi connectivity index (χ0v) is 12.7. The zero-order chi connectivity index (χ0) is 15.2. The first-order chi connectivity index (χ1) is 10.1. The van der Waals surface area contributed by atoms with Gasteiger partial charge in [-0.1, -0.05) is 25.5 Å². The lowest BCUT2D eigenvalue weighted by Gasteiger charge is -2.11. The molecule has 6 heteroatoms. The van der Waals surface area contributed by atoms with Crippen molar-refractivity contribution in [2.24, 2.45) is 0 Å². The summed E-state index contributed by atoms with van der Waals surface area (Å²) in [7, 11) is 3.67. The summed E-state index contributed by atoms with van der Waals surface area (Å²) < 4.78 is 5.64. The van der Waals surface area contributed by atoms with Gasteiger partial charge in [-0.3, -0.25) is 0 Å². The van der Waals surface area contributed by atoms with Crippen LogP contribution in [0.4, 0.5) is 11.9 Å². The van der Waals surface area contributed by atoms with E-state index in [9.17, 15) is 0 Å². The molecular formula is C15H21N5O. The standard InChI is InChI=1S/C15H21N5O/c1-4-5-6-11-7-9-12(10-8-11)21-15-18-13(16)17-14(19-15)20(2)3/h7-10H,4-6H2,1-3H3,(H2,16,17,18,19). The predicted molar refractivity (Wildman–Crippen MR) is 83.7 cm³/mol. The van der Waals surface area contributed by atoms with Crippen molar-refractivity contribution in [1.29, 1.82) is 0 Å². The van der Waals surface area contributed by atoms with Gasteiger partial charge >= 0.3 is 6.01 Å². The van der Waals surface area contributed by atoms with Crippen LogP contribution >= 0.6 is 0 Å². The highest BCUT2D eigenvalue weighted by atomic mass is 16.5. The highest BCUT2D eigenvalue weighted by Gasteiger charge is 2.08. The first-order valence-electron chi connectivity index (χ1n) is 7.04. The third-order valence-corrected chi connectivity index (χ3v) is 2.97. The van der Waals surface area contributed by atoms with E-state index in [-0.39, 0.29) is 12.0 Å². The minimum atomic E-state index is 0.142. The lowest BCUT2D eigenvalue weighted by Crippen LogP contribution is -2.15. The third-order valence-electron chi connectivity index (χ3n) is 2.97. The summed E-state index contributed by atoms with van der Waals surface area (Å²) in [5.74, 6) is 1.30. The molecule has 0 unspecified atom stereocenters. The molecule has 0 aliphatic carbocycles. The fraction of sp³-hybridized carbons (Fsp3) is 0.400. The predicted octanol–water partition coefficient (Wildman–Crippen LogP) is 2.65. The van der Waals surface area contributed by atoms with E-state index in [2.05, 4.69) is 34.0 Å². The van der Waals surface area contributed by atoms with Gasteiger partial charge in [0.25, 0.3) is 0 Å². The van der Waals surface area contributed by atoms with Gasteiger partial charge in [-0.2, -0.15) is 15.0 Å². The molecule has 0 saturated carbocycles. The van der Waals surface area contributed by atoms with Crippen LogP contribution < -0.4 is 15.4 Å². The first kappa shape index (κ1) is 15.0. The normalized spacial score (nSPS) is 10.4. The van der Waals surface area contributed by atoms with E-state index in [0.717, 1.165) is 6.42 Å². The summed E-state index contributed by atoms with van der Waals surface area (Å²) in [4.78, 5) is 14.0. The molecule has 0 bridgehead atoms. The molecule has 1 heterocycles. The second-order valence-electron chi connectivity index (χ2n) is 5.02. The minimum Gasteiger partial charge on any atom is -0.424 e. The number of hydrogen-bond acceptors (Lipinski definition) is 6. The van der Waals surface area contributed by atoms with Crippen molar-refractivity contribution in [3.05, 3.63) is 29.8 Å². The Hall–Kier alpha value is -2.37. The lowest BCUT2D eigenvalue weighted by molar-refractivity contribution is 0.440. The number of anilines is 2. The van der Waals surface area contributed by atoms with Crippen LogP contribution in [0.2, 0.25) is 0 Å². The number of benzene rings is 1. The van der Waals surface area contributed by atoms with E-state index in [1.54, 1.807) is 4.90 Å². The topological polar surface area (TPSA) is 77.2 Å². The Morgan fingerprint density at radius 2 is 1.81 bits per heavy atom. The monoisotopic (exact) mass is 287 g/mol. The van der Waals surface area contributed by atoms with Crippen molar-refractivity contribution >= 4 is 11.9 Å². The Balaban J connectivity index is 2.10. The number of rotatable bonds is 6. The molecule has 0 aliphatic heterocycles. The van der Waals surface area contributed by atoms with E-state index >= 15 is 0 Å². The van der Waals surface area contributed by atoms with Crippen molar-refractivity contribution in [2.75, 3.05) is 24.7 Å². The van der Waals surface area contributed by atoms with Crippen LogP contribution in [0.15, 0.2) is 24.3 Å². The summed E-state index contributed by atoms with van der Waals surface area (Å²) >= 11 is 0. The SMILES string of the molecule is CCCCc1ccc(Oc2nc(N)nc(N(C)C)n2)cc1. The second kappa shape index (κ2) is 6.88. The molecule has 0 aliphatic rings. The maximum absolute atomic E-state index is 5.66. The molecule has 0 saturated heterocycles. The molecule has 0 spiro atoms. The molecule has 21 heavy (non-hydrogen) atoms. The molecule has 0 atom stereocenters. The van der Waals surface area contributed by atoms with Gasteiger partial charge in [-0.25, -0.2) is 0 Å². The maximum Gasteiger partial charge on any atom is 0.328 e. The van der Waals surface area contributed by atoms with Crippen molar-refractivity contribution in [1.82, 2.24) is 15.0 Å². The van der Waals surface area contributed by atoms with Crippen LogP contribution in [0.1, 0.15) is 25.3 Å². The number of ether oxygens (including phenoxy) is 1. The van der Waals surface area contributed by atoms with Crippen molar-refractivity contribution in [2.45, 2.75) is 26.2 Å². The van der Waals surface area contributed by atoms with Gasteiger partial charge in [-0.05, 0) is 30.5 Å². The van der Waals surface area contributed by atoms with Crippen LogP contribution in [0.3, 0.4) is 0 Å². The number of nitrogens with zero attached hydrogens (tertiary/aromatic N) is 4.